The average Bonchev–Trinajstić information content (AvgIpc) is 2.64. The number of carboxylic acid groups (broad SMARTS) is 1. The largest absolute Gasteiger partial charge is 0.476 e. The summed E-state index contributed by atoms with van der Waals surface area (Å²) in [4.78, 5) is 12.4. The van der Waals surface area contributed by atoms with Crippen molar-refractivity contribution in [2.45, 2.75) is 13.8 Å². The molecule has 17 heavy (non-hydrogen) atoms. The quantitative estimate of drug-likeness (QED) is 0.855. The van der Waals surface area contributed by atoms with Gasteiger partial charge in [0.15, 0.2) is 5.69 Å². The van der Waals surface area contributed by atoms with E-state index in [0.29, 0.717) is 5.69 Å². The molecule has 0 unspecified atom stereocenters. The van der Waals surface area contributed by atoms with Crippen LogP contribution >= 0.6 is 0 Å². The van der Waals surface area contributed by atoms with E-state index in [2.05, 4.69) is 10.2 Å². The Bertz CT molecular complexity index is 587. The summed E-state index contributed by atoms with van der Waals surface area (Å²) in [6.45, 7) is 3.88. The van der Waals surface area contributed by atoms with Gasteiger partial charge in [-0.05, 0) is 25.5 Å². The molecule has 0 saturated carbocycles. The Morgan fingerprint density at radius 1 is 1.29 bits per heavy atom. The molecular weight excluding hydrogens is 218 g/mol. The van der Waals surface area contributed by atoms with Crippen LogP contribution in [-0.4, -0.2) is 26.1 Å². The first-order valence-electron chi connectivity index (χ1n) is 5.21. The van der Waals surface area contributed by atoms with Crippen LogP contribution in [0.5, 0.6) is 0 Å². The molecule has 2 aromatic rings. The summed E-state index contributed by atoms with van der Waals surface area (Å²) in [6.07, 6.45) is 0. The van der Waals surface area contributed by atoms with Crippen LogP contribution in [0.15, 0.2) is 18.2 Å². The smallest absolute Gasteiger partial charge is 0.358 e. The molecule has 2 rings (SSSR count). The number of aromatic nitrogens is 3. The molecule has 0 aliphatic carbocycles. The SMILES string of the molecule is Cc1ccc(C)c(-c2nn(C)nc2C(=O)O)c1. The number of carboxylic acids is 1. The number of benzene rings is 1. The van der Waals surface area contributed by atoms with Crippen molar-refractivity contribution in [1.82, 2.24) is 15.0 Å². The minimum absolute atomic E-state index is 0.0128. The van der Waals surface area contributed by atoms with Gasteiger partial charge in [-0.1, -0.05) is 17.7 Å². The summed E-state index contributed by atoms with van der Waals surface area (Å²) in [6, 6.07) is 5.85. The Morgan fingerprint density at radius 2 is 2.00 bits per heavy atom. The second-order valence-corrected chi connectivity index (χ2v) is 4.01. The molecule has 1 aromatic heterocycles. The molecule has 0 spiro atoms. The highest BCUT2D eigenvalue weighted by molar-refractivity contribution is 5.93. The molecule has 0 radical (unpaired) electrons. The Labute approximate surface area is 98.7 Å². The van der Waals surface area contributed by atoms with Crippen molar-refractivity contribution in [2.24, 2.45) is 7.05 Å². The molecule has 5 nitrogen and oxygen atoms in total. The predicted molar refractivity (Wildman–Crippen MR) is 62.9 cm³/mol. The molecule has 0 bridgehead atoms. The molecule has 0 amide bonds. The van der Waals surface area contributed by atoms with Crippen LogP contribution in [0.4, 0.5) is 0 Å². The highest BCUT2D eigenvalue weighted by Crippen LogP contribution is 2.25. The van der Waals surface area contributed by atoms with Crippen LogP contribution in [0.2, 0.25) is 0 Å². The van der Waals surface area contributed by atoms with Gasteiger partial charge in [0.25, 0.3) is 0 Å². The van der Waals surface area contributed by atoms with Crippen LogP contribution in [-0.2, 0) is 7.05 Å². The first-order chi connectivity index (χ1) is 7.99. The van der Waals surface area contributed by atoms with Crippen molar-refractivity contribution in [1.29, 1.82) is 0 Å². The molecule has 1 aromatic carbocycles. The summed E-state index contributed by atoms with van der Waals surface area (Å²) in [5.41, 5.74) is 3.27. The summed E-state index contributed by atoms with van der Waals surface area (Å²) in [5, 5.41) is 17.1. The summed E-state index contributed by atoms with van der Waals surface area (Å²) in [7, 11) is 1.61. The van der Waals surface area contributed by atoms with Gasteiger partial charge >= 0.3 is 5.97 Å². The molecule has 1 heterocycles. The maximum absolute atomic E-state index is 11.1. The zero-order chi connectivity index (χ0) is 12.6. The highest BCUT2D eigenvalue weighted by atomic mass is 16.4. The van der Waals surface area contributed by atoms with Crippen molar-refractivity contribution in [2.75, 3.05) is 0 Å². The number of aryl methyl sites for hydroxylation is 3. The monoisotopic (exact) mass is 231 g/mol. The lowest BCUT2D eigenvalue weighted by molar-refractivity contribution is 0.0690. The Kier molecular flexibility index (Phi) is 2.67. The fourth-order valence-electron chi connectivity index (χ4n) is 1.72. The summed E-state index contributed by atoms with van der Waals surface area (Å²) >= 11 is 0. The first kappa shape index (κ1) is 11.3. The minimum Gasteiger partial charge on any atom is -0.476 e. The number of hydrogen-bond acceptors (Lipinski definition) is 3. The first-order valence-corrected chi connectivity index (χ1v) is 5.21. The van der Waals surface area contributed by atoms with Crippen molar-refractivity contribution >= 4 is 5.97 Å². The van der Waals surface area contributed by atoms with E-state index in [1.165, 1.54) is 4.80 Å². The highest BCUT2D eigenvalue weighted by Gasteiger charge is 2.19. The Balaban J connectivity index is 2.67. The number of hydrogen-bond donors (Lipinski definition) is 1. The van der Waals surface area contributed by atoms with Gasteiger partial charge in [0.05, 0.1) is 0 Å². The van der Waals surface area contributed by atoms with Crippen molar-refractivity contribution in [3.05, 3.63) is 35.0 Å². The topological polar surface area (TPSA) is 68.0 Å². The zero-order valence-corrected chi connectivity index (χ0v) is 9.93. The second-order valence-electron chi connectivity index (χ2n) is 4.01. The fraction of sp³-hybridized carbons (Fsp3) is 0.250. The lowest BCUT2D eigenvalue weighted by Gasteiger charge is -2.04. The van der Waals surface area contributed by atoms with Gasteiger partial charge in [0, 0.05) is 12.6 Å². The number of nitrogens with zero attached hydrogens (tertiary/aromatic N) is 3. The standard InChI is InChI=1S/C12H13N3O2/c1-7-4-5-8(2)9(6-7)10-11(12(16)17)14-15(3)13-10/h4-6H,1-3H3,(H,16,17). The van der Waals surface area contributed by atoms with E-state index in [-0.39, 0.29) is 5.69 Å². The Hall–Kier alpha value is -2.17. The van der Waals surface area contributed by atoms with Gasteiger partial charge in [0.2, 0.25) is 0 Å². The predicted octanol–water partition coefficient (Wildman–Crippen LogP) is 1.80. The van der Waals surface area contributed by atoms with Crippen LogP contribution in [0.3, 0.4) is 0 Å². The summed E-state index contributed by atoms with van der Waals surface area (Å²) in [5.74, 6) is -1.06. The van der Waals surface area contributed by atoms with Crippen LogP contribution in [0.25, 0.3) is 11.3 Å². The van der Waals surface area contributed by atoms with Gasteiger partial charge in [-0.3, -0.25) is 0 Å². The van der Waals surface area contributed by atoms with E-state index < -0.39 is 5.97 Å². The van der Waals surface area contributed by atoms with Crippen molar-refractivity contribution < 1.29 is 9.90 Å². The fourth-order valence-corrected chi connectivity index (χ4v) is 1.72. The molecule has 0 aliphatic rings. The van der Waals surface area contributed by atoms with E-state index in [0.717, 1.165) is 16.7 Å². The maximum Gasteiger partial charge on any atom is 0.358 e. The molecule has 0 fully saturated rings. The molecule has 0 aliphatic heterocycles. The lowest BCUT2D eigenvalue weighted by Crippen LogP contribution is -2.01. The number of rotatable bonds is 2. The number of aromatic carboxylic acids is 1. The van der Waals surface area contributed by atoms with E-state index in [9.17, 15) is 4.79 Å². The van der Waals surface area contributed by atoms with Gasteiger partial charge in [-0.25, -0.2) is 4.79 Å². The maximum atomic E-state index is 11.1. The molecule has 1 N–H and O–H groups in total. The van der Waals surface area contributed by atoms with Gasteiger partial charge in [-0.15, -0.1) is 5.10 Å². The number of carbonyl (C=O) groups is 1. The molecule has 0 saturated heterocycles. The van der Waals surface area contributed by atoms with Crippen LogP contribution in [0, 0.1) is 13.8 Å². The normalized spacial score (nSPS) is 10.5. The lowest BCUT2D eigenvalue weighted by atomic mass is 10.0. The average molecular weight is 231 g/mol. The minimum atomic E-state index is -1.06. The van der Waals surface area contributed by atoms with Gasteiger partial charge in [0.1, 0.15) is 5.69 Å². The molecule has 0 atom stereocenters. The molecule has 88 valence electrons. The van der Waals surface area contributed by atoms with Crippen LogP contribution in [0.1, 0.15) is 21.6 Å². The Morgan fingerprint density at radius 3 is 2.65 bits per heavy atom. The van der Waals surface area contributed by atoms with E-state index in [4.69, 9.17) is 5.11 Å². The third-order valence-electron chi connectivity index (χ3n) is 2.56. The van der Waals surface area contributed by atoms with E-state index in [1.54, 1.807) is 7.05 Å². The van der Waals surface area contributed by atoms with Crippen LogP contribution < -0.4 is 0 Å². The molecule has 5 heteroatoms. The summed E-state index contributed by atoms with van der Waals surface area (Å²) < 4.78 is 0. The van der Waals surface area contributed by atoms with Crippen molar-refractivity contribution in [3.63, 3.8) is 0 Å². The van der Waals surface area contributed by atoms with E-state index in [1.807, 2.05) is 32.0 Å². The third-order valence-corrected chi connectivity index (χ3v) is 2.56. The van der Waals surface area contributed by atoms with Gasteiger partial charge < -0.3 is 5.11 Å². The third kappa shape index (κ3) is 2.04. The van der Waals surface area contributed by atoms with E-state index >= 15 is 0 Å². The van der Waals surface area contributed by atoms with Crippen molar-refractivity contribution in [3.8, 4) is 11.3 Å². The second kappa shape index (κ2) is 4.01. The zero-order valence-electron chi connectivity index (χ0n) is 9.93. The van der Waals surface area contributed by atoms with Gasteiger partial charge in [-0.2, -0.15) is 9.90 Å². The molecular formula is C12H13N3O2.